The lowest BCUT2D eigenvalue weighted by atomic mass is 9.99. The van der Waals surface area contributed by atoms with Crippen LogP contribution in [0.25, 0.3) is 26.8 Å². The van der Waals surface area contributed by atoms with E-state index in [0.717, 1.165) is 16.2 Å². The summed E-state index contributed by atoms with van der Waals surface area (Å²) in [5, 5.41) is 1.27. The van der Waals surface area contributed by atoms with Crippen LogP contribution in [0.5, 0.6) is 5.75 Å². The summed E-state index contributed by atoms with van der Waals surface area (Å²) in [6.45, 7) is 4.06. The summed E-state index contributed by atoms with van der Waals surface area (Å²) >= 11 is 3.61. The number of hydrogen-bond donors (Lipinski definition) is 0. The first kappa shape index (κ1) is 26.8. The van der Waals surface area contributed by atoms with E-state index in [9.17, 15) is 4.79 Å². The number of benzene rings is 4. The van der Waals surface area contributed by atoms with E-state index in [0.29, 0.717) is 12.4 Å². The van der Waals surface area contributed by atoms with Crippen molar-refractivity contribution in [3.05, 3.63) is 125 Å². The molecule has 0 aliphatic heterocycles. The van der Waals surface area contributed by atoms with Gasteiger partial charge in [-0.15, -0.1) is 23.1 Å². The van der Waals surface area contributed by atoms with Gasteiger partial charge in [-0.2, -0.15) is 0 Å². The number of aryl methyl sites for hydroxylation is 1. The predicted octanol–water partition coefficient (Wildman–Crippen LogP) is 9.04. The van der Waals surface area contributed by atoms with Crippen LogP contribution in [0, 0.1) is 6.92 Å². The predicted molar refractivity (Wildman–Crippen MR) is 165 cm³/mol. The van der Waals surface area contributed by atoms with Gasteiger partial charge in [-0.1, -0.05) is 78.9 Å². The van der Waals surface area contributed by atoms with Crippen molar-refractivity contribution >= 4 is 44.7 Å². The maximum atomic E-state index is 11.6. The van der Waals surface area contributed by atoms with Gasteiger partial charge in [0.25, 0.3) is 0 Å². The highest BCUT2D eigenvalue weighted by atomic mass is 32.2. The number of thioether (sulfide) groups is 1. The van der Waals surface area contributed by atoms with Crippen LogP contribution in [-0.4, -0.2) is 24.9 Å². The molecule has 0 fully saturated rings. The third kappa shape index (κ3) is 6.80. The Morgan fingerprint density at radius 2 is 1.62 bits per heavy atom. The fraction of sp³-hybridized carbons (Fsp3) is 0.147. The molecule has 0 amide bonds. The third-order valence-corrected chi connectivity index (χ3v) is 8.40. The zero-order chi connectivity index (χ0) is 27.0. The third-order valence-electron chi connectivity index (χ3n) is 6.33. The fourth-order valence-corrected chi connectivity index (χ4v) is 6.37. The van der Waals surface area contributed by atoms with Gasteiger partial charge in [-0.3, -0.25) is 0 Å². The normalized spacial score (nSPS) is 11.5. The number of thiophene rings is 1. The van der Waals surface area contributed by atoms with Gasteiger partial charge in [-0.25, -0.2) is 4.79 Å². The van der Waals surface area contributed by atoms with Crippen molar-refractivity contribution in [3.63, 3.8) is 0 Å². The zero-order valence-electron chi connectivity index (χ0n) is 22.1. The summed E-state index contributed by atoms with van der Waals surface area (Å²) < 4.78 is 11.9. The van der Waals surface area contributed by atoms with Crippen molar-refractivity contribution in [1.82, 2.24) is 0 Å². The molecule has 0 unspecified atom stereocenters. The molecule has 39 heavy (non-hydrogen) atoms. The van der Waals surface area contributed by atoms with Gasteiger partial charge in [0.1, 0.15) is 5.75 Å². The molecule has 0 radical (unpaired) electrons. The summed E-state index contributed by atoms with van der Waals surface area (Å²) in [5.74, 6) is 1.17. The van der Waals surface area contributed by atoms with Crippen molar-refractivity contribution < 1.29 is 14.3 Å². The molecular formula is C34H30O3S2. The SMILES string of the molecule is CCOC(=O)COc1ccc(SCC=C(c2ccc(-c3ccccc3)cc2)c2cc3ccccc3s2)cc1C. The molecular weight excluding hydrogens is 521 g/mol. The van der Waals surface area contributed by atoms with E-state index in [1.165, 1.54) is 37.2 Å². The van der Waals surface area contributed by atoms with Gasteiger partial charge in [0, 0.05) is 20.2 Å². The summed E-state index contributed by atoms with van der Waals surface area (Å²) in [4.78, 5) is 14.0. The minimum Gasteiger partial charge on any atom is -0.482 e. The van der Waals surface area contributed by atoms with Crippen LogP contribution >= 0.6 is 23.1 Å². The minimum atomic E-state index is -0.356. The van der Waals surface area contributed by atoms with E-state index in [-0.39, 0.29) is 12.6 Å². The quantitative estimate of drug-likeness (QED) is 0.128. The average Bonchev–Trinajstić information content (AvgIpc) is 3.40. The Balaban J connectivity index is 1.36. The largest absolute Gasteiger partial charge is 0.482 e. The van der Waals surface area contributed by atoms with E-state index < -0.39 is 0 Å². The first-order valence-corrected chi connectivity index (χ1v) is 14.8. The lowest BCUT2D eigenvalue weighted by molar-refractivity contribution is -0.145. The zero-order valence-corrected chi connectivity index (χ0v) is 23.7. The Kier molecular flexibility index (Phi) is 8.82. The van der Waals surface area contributed by atoms with Gasteiger partial charge >= 0.3 is 5.97 Å². The lowest BCUT2D eigenvalue weighted by Gasteiger charge is -2.11. The van der Waals surface area contributed by atoms with E-state index >= 15 is 0 Å². The Morgan fingerprint density at radius 3 is 2.36 bits per heavy atom. The van der Waals surface area contributed by atoms with Crippen LogP contribution in [0.1, 0.15) is 22.9 Å². The number of ether oxygens (including phenoxy) is 2. The Labute approximate surface area is 238 Å². The monoisotopic (exact) mass is 550 g/mol. The summed E-state index contributed by atoms with van der Waals surface area (Å²) in [6.07, 6.45) is 2.33. The Hall–Kier alpha value is -3.80. The minimum absolute atomic E-state index is 0.0779. The summed E-state index contributed by atoms with van der Waals surface area (Å²) in [7, 11) is 0. The van der Waals surface area contributed by atoms with Crippen LogP contribution < -0.4 is 4.74 Å². The van der Waals surface area contributed by atoms with Crippen molar-refractivity contribution in [2.75, 3.05) is 19.0 Å². The molecule has 0 atom stereocenters. The van der Waals surface area contributed by atoms with Gasteiger partial charge in [0.2, 0.25) is 0 Å². The molecule has 0 N–H and O–H groups in total. The molecule has 5 aromatic rings. The second-order valence-electron chi connectivity index (χ2n) is 9.04. The van der Waals surface area contributed by atoms with E-state index in [1.807, 2.05) is 36.5 Å². The highest BCUT2D eigenvalue weighted by molar-refractivity contribution is 7.99. The summed E-state index contributed by atoms with van der Waals surface area (Å²) in [6, 6.07) is 36.2. The first-order valence-electron chi connectivity index (χ1n) is 13.0. The Morgan fingerprint density at radius 1 is 0.872 bits per heavy atom. The smallest absolute Gasteiger partial charge is 0.344 e. The van der Waals surface area contributed by atoms with Crippen LogP contribution in [0.15, 0.2) is 114 Å². The van der Waals surface area contributed by atoms with Crippen molar-refractivity contribution in [2.45, 2.75) is 18.7 Å². The molecule has 0 spiro atoms. The molecule has 5 heteroatoms. The van der Waals surface area contributed by atoms with E-state index in [1.54, 1.807) is 18.7 Å². The number of fused-ring (bicyclic) bond motifs is 1. The molecule has 0 saturated carbocycles. The number of esters is 1. The first-order chi connectivity index (χ1) is 19.1. The van der Waals surface area contributed by atoms with Gasteiger partial charge in [0.05, 0.1) is 6.61 Å². The molecule has 0 saturated heterocycles. The van der Waals surface area contributed by atoms with E-state index in [4.69, 9.17) is 9.47 Å². The lowest BCUT2D eigenvalue weighted by Crippen LogP contribution is -2.14. The standard InChI is InChI=1S/C34H30O3S2/c1-3-36-34(35)23-37-31-18-17-29(21-24(31)2)38-20-19-30(33-22-28-11-7-8-12-32(28)39-33)27-15-13-26(14-16-27)25-9-5-4-6-10-25/h4-19,21-22H,3,20,23H2,1-2H3. The molecule has 3 nitrogen and oxygen atoms in total. The highest BCUT2D eigenvalue weighted by Gasteiger charge is 2.11. The molecule has 4 aromatic carbocycles. The van der Waals surface area contributed by atoms with Crippen LogP contribution in [0.2, 0.25) is 0 Å². The molecule has 196 valence electrons. The molecule has 0 aliphatic rings. The van der Waals surface area contributed by atoms with Gasteiger partial charge in [0.15, 0.2) is 6.61 Å². The average molecular weight is 551 g/mol. The maximum Gasteiger partial charge on any atom is 0.344 e. The van der Waals surface area contributed by atoms with Crippen molar-refractivity contribution in [1.29, 1.82) is 0 Å². The molecule has 1 aromatic heterocycles. The summed E-state index contributed by atoms with van der Waals surface area (Å²) in [5.41, 5.74) is 5.88. The number of carbonyl (C=O) groups excluding carboxylic acids is 1. The fourth-order valence-electron chi connectivity index (χ4n) is 4.38. The highest BCUT2D eigenvalue weighted by Crippen LogP contribution is 2.36. The molecule has 5 rings (SSSR count). The molecule has 0 aliphatic carbocycles. The second kappa shape index (κ2) is 12.8. The molecule has 1 heterocycles. The number of carbonyl (C=O) groups is 1. The number of rotatable bonds is 10. The van der Waals surface area contributed by atoms with Gasteiger partial charge in [-0.05, 0) is 77.4 Å². The van der Waals surface area contributed by atoms with Gasteiger partial charge < -0.3 is 9.47 Å². The van der Waals surface area contributed by atoms with Crippen LogP contribution in [0.3, 0.4) is 0 Å². The Bertz CT molecular complexity index is 1550. The van der Waals surface area contributed by atoms with Crippen LogP contribution in [-0.2, 0) is 9.53 Å². The number of hydrogen-bond acceptors (Lipinski definition) is 5. The maximum absolute atomic E-state index is 11.6. The second-order valence-corrected chi connectivity index (χ2v) is 11.2. The van der Waals surface area contributed by atoms with Crippen molar-refractivity contribution in [2.24, 2.45) is 0 Å². The molecule has 0 bridgehead atoms. The topological polar surface area (TPSA) is 35.5 Å². The van der Waals surface area contributed by atoms with E-state index in [2.05, 4.69) is 91.0 Å². The van der Waals surface area contributed by atoms with Crippen molar-refractivity contribution in [3.8, 4) is 16.9 Å². The van der Waals surface area contributed by atoms with Crippen LogP contribution in [0.4, 0.5) is 0 Å².